The second-order valence-corrected chi connectivity index (χ2v) is 3.90. The highest BCUT2D eigenvalue weighted by Gasteiger charge is 1.96. The van der Waals surface area contributed by atoms with E-state index in [2.05, 4.69) is 4.74 Å². The van der Waals surface area contributed by atoms with Gasteiger partial charge in [0.05, 0.1) is 13.2 Å². The number of ether oxygens (including phenoxy) is 3. The van der Waals surface area contributed by atoms with E-state index in [1.807, 2.05) is 38.1 Å². The van der Waals surface area contributed by atoms with Gasteiger partial charge in [0, 0.05) is 6.08 Å². The number of carbonyl (C=O) groups is 1. The van der Waals surface area contributed by atoms with E-state index in [0.29, 0.717) is 0 Å². The maximum Gasteiger partial charge on any atom is 0.330 e. The number of methoxy groups -OCH3 is 1. The minimum absolute atomic E-state index is 0.146. The van der Waals surface area contributed by atoms with E-state index >= 15 is 0 Å². The van der Waals surface area contributed by atoms with E-state index < -0.39 is 0 Å². The lowest BCUT2D eigenvalue weighted by Crippen LogP contribution is -2.08. The molecular formula is C14H18O4. The summed E-state index contributed by atoms with van der Waals surface area (Å²) in [6, 6.07) is 7.34. The number of carbonyl (C=O) groups excluding carboxylic acids is 1. The minimum Gasteiger partial charge on any atom is -0.468 e. The monoisotopic (exact) mass is 250 g/mol. The molecule has 1 aromatic rings. The molecule has 4 heteroatoms. The Morgan fingerprint density at radius 3 is 2.50 bits per heavy atom. The van der Waals surface area contributed by atoms with Crippen LogP contribution in [0.2, 0.25) is 0 Å². The highest BCUT2D eigenvalue weighted by atomic mass is 16.7. The Balaban J connectivity index is 2.47. The van der Waals surface area contributed by atoms with Gasteiger partial charge in [-0.2, -0.15) is 0 Å². The molecule has 0 heterocycles. The molecule has 0 bridgehead atoms. The topological polar surface area (TPSA) is 44.8 Å². The van der Waals surface area contributed by atoms with Crippen molar-refractivity contribution >= 4 is 12.0 Å². The molecule has 18 heavy (non-hydrogen) atoms. The van der Waals surface area contributed by atoms with Crippen LogP contribution in [0.15, 0.2) is 30.3 Å². The van der Waals surface area contributed by atoms with Crippen LogP contribution < -0.4 is 4.74 Å². The Morgan fingerprint density at radius 2 is 1.94 bits per heavy atom. The molecule has 0 aliphatic rings. The van der Waals surface area contributed by atoms with Crippen LogP contribution in [0, 0.1) is 0 Å². The minimum atomic E-state index is -0.374. The van der Waals surface area contributed by atoms with Gasteiger partial charge in [-0.3, -0.25) is 0 Å². The third-order valence-electron chi connectivity index (χ3n) is 2.12. The van der Waals surface area contributed by atoms with Crippen LogP contribution in [0.4, 0.5) is 0 Å². The molecule has 0 aliphatic heterocycles. The van der Waals surface area contributed by atoms with Crippen LogP contribution in [0.25, 0.3) is 6.08 Å². The summed E-state index contributed by atoms with van der Waals surface area (Å²) in [7, 11) is 1.35. The van der Waals surface area contributed by atoms with E-state index in [4.69, 9.17) is 9.47 Å². The van der Waals surface area contributed by atoms with Crippen LogP contribution in [0.1, 0.15) is 19.4 Å². The van der Waals surface area contributed by atoms with E-state index in [0.717, 1.165) is 11.3 Å². The van der Waals surface area contributed by atoms with Crippen LogP contribution >= 0.6 is 0 Å². The van der Waals surface area contributed by atoms with Gasteiger partial charge in [-0.1, -0.05) is 12.1 Å². The Bertz CT molecular complexity index is 393. The number of rotatable bonds is 6. The molecule has 0 saturated carbocycles. The summed E-state index contributed by atoms with van der Waals surface area (Å²) in [5.41, 5.74) is 0.900. The molecule has 0 fully saturated rings. The van der Waals surface area contributed by atoms with Crippen LogP contribution in [0.3, 0.4) is 0 Å². The average molecular weight is 250 g/mol. The summed E-state index contributed by atoms with van der Waals surface area (Å²) >= 11 is 0. The molecular weight excluding hydrogens is 232 g/mol. The summed E-state index contributed by atoms with van der Waals surface area (Å²) in [4.78, 5) is 10.9. The molecule has 1 rings (SSSR count). The van der Waals surface area contributed by atoms with Gasteiger partial charge >= 0.3 is 5.97 Å². The van der Waals surface area contributed by atoms with Gasteiger partial charge in [0.25, 0.3) is 0 Å². The molecule has 0 radical (unpaired) electrons. The fraction of sp³-hybridized carbons (Fsp3) is 0.357. The summed E-state index contributed by atoms with van der Waals surface area (Å²) in [5.74, 6) is 0.353. The van der Waals surface area contributed by atoms with Crippen molar-refractivity contribution in [2.45, 2.75) is 20.0 Å². The van der Waals surface area contributed by atoms with Gasteiger partial charge in [-0.05, 0) is 37.6 Å². The normalized spacial score (nSPS) is 10.9. The first-order valence-electron chi connectivity index (χ1n) is 5.72. The first kappa shape index (κ1) is 14.3. The first-order valence-corrected chi connectivity index (χ1v) is 5.72. The zero-order chi connectivity index (χ0) is 13.4. The summed E-state index contributed by atoms with van der Waals surface area (Å²) in [6.07, 6.45) is 3.20. The smallest absolute Gasteiger partial charge is 0.330 e. The van der Waals surface area contributed by atoms with Crippen molar-refractivity contribution in [3.8, 4) is 5.75 Å². The van der Waals surface area contributed by atoms with Crippen molar-refractivity contribution in [1.82, 2.24) is 0 Å². The maximum atomic E-state index is 10.9. The van der Waals surface area contributed by atoms with E-state index in [1.54, 1.807) is 6.08 Å². The largest absolute Gasteiger partial charge is 0.468 e. The van der Waals surface area contributed by atoms with Crippen molar-refractivity contribution in [3.63, 3.8) is 0 Å². The standard InChI is InChI=1S/C14H18O4/c1-11(2)17-10-18-13-7-4-12(5-8-13)6-9-14(15)16-3/h4-9,11H,10H2,1-3H3/b9-6+. The quantitative estimate of drug-likeness (QED) is 0.442. The highest BCUT2D eigenvalue weighted by Crippen LogP contribution is 2.13. The fourth-order valence-corrected chi connectivity index (χ4v) is 1.15. The molecule has 0 spiro atoms. The van der Waals surface area contributed by atoms with Gasteiger partial charge in [-0.15, -0.1) is 0 Å². The van der Waals surface area contributed by atoms with Gasteiger partial charge in [0.2, 0.25) is 0 Å². The molecule has 0 aromatic heterocycles. The number of benzene rings is 1. The van der Waals surface area contributed by atoms with Gasteiger partial charge < -0.3 is 14.2 Å². The Morgan fingerprint density at radius 1 is 1.28 bits per heavy atom. The molecule has 0 atom stereocenters. The maximum absolute atomic E-state index is 10.9. The second-order valence-electron chi connectivity index (χ2n) is 3.90. The molecule has 0 saturated heterocycles. The van der Waals surface area contributed by atoms with Crippen molar-refractivity contribution in [3.05, 3.63) is 35.9 Å². The average Bonchev–Trinajstić information content (AvgIpc) is 2.37. The lowest BCUT2D eigenvalue weighted by atomic mass is 10.2. The Kier molecular flexibility index (Phi) is 5.94. The summed E-state index contributed by atoms with van der Waals surface area (Å²) in [5, 5.41) is 0. The SMILES string of the molecule is COC(=O)/C=C/c1ccc(OCOC(C)C)cc1. The Labute approximate surface area is 107 Å². The van der Waals surface area contributed by atoms with Crippen LogP contribution in [-0.4, -0.2) is 26.0 Å². The lowest BCUT2D eigenvalue weighted by Gasteiger charge is -2.09. The Hall–Kier alpha value is -1.81. The molecule has 1 aromatic carbocycles. The number of esters is 1. The van der Waals surface area contributed by atoms with Gasteiger partial charge in [0.1, 0.15) is 5.75 Å². The zero-order valence-electron chi connectivity index (χ0n) is 10.9. The molecule has 4 nitrogen and oxygen atoms in total. The van der Waals surface area contributed by atoms with Crippen LogP contribution in [0.5, 0.6) is 5.75 Å². The predicted octanol–water partition coefficient (Wildman–Crippen LogP) is 2.63. The van der Waals surface area contributed by atoms with Crippen molar-refractivity contribution in [2.24, 2.45) is 0 Å². The van der Waals surface area contributed by atoms with Gasteiger partial charge in [-0.25, -0.2) is 4.79 Å². The summed E-state index contributed by atoms with van der Waals surface area (Å²) < 4.78 is 15.2. The van der Waals surface area contributed by atoms with Crippen molar-refractivity contribution in [1.29, 1.82) is 0 Å². The fourth-order valence-electron chi connectivity index (χ4n) is 1.15. The number of hydrogen-bond donors (Lipinski definition) is 0. The van der Waals surface area contributed by atoms with Crippen molar-refractivity contribution in [2.75, 3.05) is 13.9 Å². The molecule has 0 N–H and O–H groups in total. The van der Waals surface area contributed by atoms with E-state index in [1.165, 1.54) is 13.2 Å². The third-order valence-corrected chi connectivity index (χ3v) is 2.12. The van der Waals surface area contributed by atoms with Crippen molar-refractivity contribution < 1.29 is 19.0 Å². The van der Waals surface area contributed by atoms with Crippen LogP contribution in [-0.2, 0) is 14.3 Å². The zero-order valence-corrected chi connectivity index (χ0v) is 10.9. The lowest BCUT2D eigenvalue weighted by molar-refractivity contribution is -0.134. The molecule has 98 valence electrons. The predicted molar refractivity (Wildman–Crippen MR) is 69.2 cm³/mol. The first-order chi connectivity index (χ1) is 8.61. The summed E-state index contributed by atoms with van der Waals surface area (Å²) in [6.45, 7) is 4.13. The van der Waals surface area contributed by atoms with E-state index in [9.17, 15) is 4.79 Å². The molecule has 0 unspecified atom stereocenters. The second kappa shape index (κ2) is 7.50. The highest BCUT2D eigenvalue weighted by molar-refractivity contribution is 5.86. The molecule has 0 amide bonds. The van der Waals surface area contributed by atoms with Gasteiger partial charge in [0.15, 0.2) is 6.79 Å². The third kappa shape index (κ3) is 5.50. The number of hydrogen-bond acceptors (Lipinski definition) is 4. The van der Waals surface area contributed by atoms with E-state index in [-0.39, 0.29) is 18.9 Å². The molecule has 0 aliphatic carbocycles.